The van der Waals surface area contributed by atoms with E-state index in [9.17, 15) is 9.35 Å². The predicted octanol–water partition coefficient (Wildman–Crippen LogP) is 2.44. The van der Waals surface area contributed by atoms with Crippen molar-refractivity contribution in [1.29, 1.82) is 0 Å². The fraction of sp³-hybridized carbons (Fsp3) is 0.462. The number of carbonyl (C=O) groups is 1. The Balaban J connectivity index is 2.64. The van der Waals surface area contributed by atoms with Crippen LogP contribution in [0.15, 0.2) is 29.2 Å². The molecule has 0 heterocycles. The summed E-state index contributed by atoms with van der Waals surface area (Å²) in [5, 5.41) is 0. The van der Waals surface area contributed by atoms with E-state index in [4.69, 9.17) is 4.74 Å². The average molecular weight is 254 g/mol. The Labute approximate surface area is 105 Å². The van der Waals surface area contributed by atoms with E-state index in [2.05, 4.69) is 0 Å². The van der Waals surface area contributed by atoms with Crippen molar-refractivity contribution in [3.05, 3.63) is 29.8 Å². The van der Waals surface area contributed by atoms with Crippen LogP contribution >= 0.6 is 0 Å². The molecule has 3 nitrogen and oxygen atoms in total. The molecule has 94 valence electrons. The van der Waals surface area contributed by atoms with Crippen LogP contribution in [0.5, 0.6) is 0 Å². The molecular formula is C13H18O3S. The highest BCUT2D eigenvalue weighted by Gasteiger charge is 2.23. The third-order valence-electron chi connectivity index (χ3n) is 2.01. The largest absolute Gasteiger partial charge is 0.611 e. The highest BCUT2D eigenvalue weighted by molar-refractivity contribution is 7.92. The monoisotopic (exact) mass is 254 g/mol. The van der Waals surface area contributed by atoms with E-state index in [1.54, 1.807) is 26.8 Å². The zero-order valence-corrected chi connectivity index (χ0v) is 11.5. The first-order chi connectivity index (χ1) is 7.79. The van der Waals surface area contributed by atoms with Gasteiger partial charge in [0, 0.05) is 5.56 Å². The maximum atomic E-state index is 12.0. The quantitative estimate of drug-likeness (QED) is 0.615. The molecule has 0 radical (unpaired) electrons. The van der Waals surface area contributed by atoms with E-state index in [-0.39, 0.29) is 5.75 Å². The summed E-state index contributed by atoms with van der Waals surface area (Å²) in [7, 11) is 0. The molecule has 0 N–H and O–H groups in total. The first-order valence-corrected chi connectivity index (χ1v) is 6.77. The summed E-state index contributed by atoms with van der Waals surface area (Å²) in [6, 6.07) is 7.34. The van der Waals surface area contributed by atoms with Crippen LogP contribution in [0.4, 0.5) is 0 Å². The smallest absolute Gasteiger partial charge is 0.357 e. The predicted molar refractivity (Wildman–Crippen MR) is 68.3 cm³/mol. The Kier molecular flexibility index (Phi) is 4.60. The number of rotatable bonds is 3. The number of esters is 1. The Hall–Kier alpha value is -1.00. The van der Waals surface area contributed by atoms with Crippen LogP contribution in [-0.2, 0) is 20.7 Å². The Morgan fingerprint density at radius 1 is 1.35 bits per heavy atom. The van der Waals surface area contributed by atoms with E-state index < -0.39 is 22.7 Å². The summed E-state index contributed by atoms with van der Waals surface area (Å²) < 4.78 is 17.1. The third kappa shape index (κ3) is 4.79. The summed E-state index contributed by atoms with van der Waals surface area (Å²) in [4.78, 5) is 12.2. The number of aryl methyl sites for hydroxylation is 1. The summed E-state index contributed by atoms with van der Waals surface area (Å²) in [5.41, 5.74) is 0.391. The van der Waals surface area contributed by atoms with Crippen molar-refractivity contribution in [3.63, 3.8) is 0 Å². The van der Waals surface area contributed by atoms with Gasteiger partial charge in [-0.25, -0.2) is 4.79 Å². The summed E-state index contributed by atoms with van der Waals surface area (Å²) in [5.74, 6) is -0.527. The minimum absolute atomic E-state index is 0.0951. The Bertz CT molecular complexity index is 396. The molecule has 4 heteroatoms. The van der Waals surface area contributed by atoms with Crippen molar-refractivity contribution in [1.82, 2.24) is 0 Å². The molecule has 0 aliphatic rings. The lowest BCUT2D eigenvalue weighted by atomic mass is 10.2. The van der Waals surface area contributed by atoms with Crippen molar-refractivity contribution in [3.8, 4) is 0 Å². The molecule has 0 saturated carbocycles. The number of carbonyl (C=O) groups excluding carboxylic acids is 1. The fourth-order valence-corrected chi connectivity index (χ4v) is 2.45. The number of hydrogen-bond acceptors (Lipinski definition) is 3. The van der Waals surface area contributed by atoms with Crippen molar-refractivity contribution < 1.29 is 14.1 Å². The molecule has 1 rings (SSSR count). The molecule has 0 bridgehead atoms. The molecule has 0 aliphatic carbocycles. The summed E-state index contributed by atoms with van der Waals surface area (Å²) in [6.45, 7) is 7.26. The van der Waals surface area contributed by atoms with Crippen LogP contribution in [0.2, 0.25) is 0 Å². The molecule has 17 heavy (non-hydrogen) atoms. The van der Waals surface area contributed by atoms with Crippen molar-refractivity contribution >= 4 is 17.1 Å². The van der Waals surface area contributed by atoms with Crippen LogP contribution in [0.3, 0.4) is 0 Å². The lowest BCUT2D eigenvalue weighted by Crippen LogP contribution is -2.28. The maximum absolute atomic E-state index is 12.0. The molecular weight excluding hydrogens is 236 g/mol. The Morgan fingerprint density at radius 2 is 1.94 bits per heavy atom. The molecule has 0 spiro atoms. The summed E-state index contributed by atoms with van der Waals surface area (Å²) >= 11 is -1.33. The minimum Gasteiger partial charge on any atom is -0.611 e. The number of hydrogen-bond donors (Lipinski definition) is 0. The molecule has 0 fully saturated rings. The average Bonchev–Trinajstić information content (AvgIpc) is 2.14. The minimum atomic E-state index is -1.33. The van der Waals surface area contributed by atoms with Gasteiger partial charge in [-0.1, -0.05) is 18.2 Å². The molecule has 1 atom stereocenters. The highest BCUT2D eigenvalue weighted by Crippen LogP contribution is 2.17. The van der Waals surface area contributed by atoms with Crippen LogP contribution < -0.4 is 0 Å². The molecule has 0 amide bonds. The van der Waals surface area contributed by atoms with E-state index in [1.165, 1.54) is 0 Å². The molecule has 0 aromatic heterocycles. The summed E-state index contributed by atoms with van der Waals surface area (Å²) in [6.07, 6.45) is 0. The second-order valence-corrected chi connectivity index (χ2v) is 6.26. The van der Waals surface area contributed by atoms with Gasteiger partial charge in [0.15, 0.2) is 4.90 Å². The lowest BCUT2D eigenvalue weighted by molar-refractivity contribution is -0.151. The molecule has 1 aromatic rings. The van der Waals surface area contributed by atoms with Crippen molar-refractivity contribution in [2.45, 2.75) is 38.2 Å². The van der Waals surface area contributed by atoms with Gasteiger partial charge in [-0.15, -0.1) is 0 Å². The second kappa shape index (κ2) is 5.56. The van der Waals surface area contributed by atoms with Crippen LogP contribution in [0, 0.1) is 6.92 Å². The van der Waals surface area contributed by atoms with Gasteiger partial charge in [-0.3, -0.25) is 0 Å². The van der Waals surface area contributed by atoms with Crippen LogP contribution in [0.1, 0.15) is 26.3 Å². The standard InChI is InChI=1S/C13H18O3S/c1-10-7-5-6-8-11(10)17(15)9-12(14)16-13(2,3)4/h5-8H,9H2,1-4H3. The first-order valence-electron chi connectivity index (χ1n) is 5.45. The molecule has 1 aromatic carbocycles. The lowest BCUT2D eigenvalue weighted by Gasteiger charge is -2.20. The van der Waals surface area contributed by atoms with E-state index >= 15 is 0 Å². The van der Waals surface area contributed by atoms with Gasteiger partial charge in [-0.2, -0.15) is 0 Å². The third-order valence-corrected chi connectivity index (χ3v) is 3.45. The normalized spacial score (nSPS) is 13.2. The van der Waals surface area contributed by atoms with Gasteiger partial charge < -0.3 is 9.29 Å². The zero-order chi connectivity index (χ0) is 13.1. The van der Waals surface area contributed by atoms with Gasteiger partial charge >= 0.3 is 5.97 Å². The fourth-order valence-electron chi connectivity index (χ4n) is 1.37. The molecule has 1 unspecified atom stereocenters. The van der Waals surface area contributed by atoms with Gasteiger partial charge in [0.1, 0.15) is 5.60 Å². The number of benzene rings is 1. The topological polar surface area (TPSA) is 49.4 Å². The second-order valence-electron chi connectivity index (χ2n) is 4.84. The number of ether oxygens (including phenoxy) is 1. The van der Waals surface area contributed by atoms with Gasteiger partial charge in [-0.05, 0) is 44.9 Å². The van der Waals surface area contributed by atoms with Crippen molar-refractivity contribution in [2.24, 2.45) is 0 Å². The van der Waals surface area contributed by atoms with Crippen molar-refractivity contribution in [2.75, 3.05) is 5.75 Å². The Morgan fingerprint density at radius 3 is 2.47 bits per heavy atom. The molecule has 0 saturated heterocycles. The van der Waals surface area contributed by atoms with E-state index in [0.717, 1.165) is 5.56 Å². The maximum Gasteiger partial charge on any atom is 0.357 e. The first kappa shape index (κ1) is 14.1. The van der Waals surface area contributed by atoms with E-state index in [0.29, 0.717) is 4.90 Å². The van der Waals surface area contributed by atoms with Crippen LogP contribution in [-0.4, -0.2) is 21.9 Å². The molecule has 0 aliphatic heterocycles. The van der Waals surface area contributed by atoms with E-state index in [1.807, 2.05) is 25.1 Å². The van der Waals surface area contributed by atoms with Crippen LogP contribution in [0.25, 0.3) is 0 Å². The van der Waals surface area contributed by atoms with Gasteiger partial charge in [0.25, 0.3) is 0 Å². The van der Waals surface area contributed by atoms with Gasteiger partial charge in [0.2, 0.25) is 5.75 Å². The highest BCUT2D eigenvalue weighted by atomic mass is 32.2. The zero-order valence-electron chi connectivity index (χ0n) is 10.6. The van der Waals surface area contributed by atoms with Gasteiger partial charge in [0.05, 0.1) is 0 Å². The SMILES string of the molecule is Cc1ccccc1[S+]([O-])CC(=O)OC(C)(C)C.